The number of nitrogens with zero attached hydrogens (tertiary/aromatic N) is 2. The van der Waals surface area contributed by atoms with Gasteiger partial charge >= 0.3 is 0 Å². The molecule has 0 aliphatic carbocycles. The maximum absolute atomic E-state index is 11.1. The second-order valence-corrected chi connectivity index (χ2v) is 4.49. The third kappa shape index (κ3) is 3.82. The average molecular weight is 212 g/mol. The largest absolute Gasteiger partial charge is 0.340 e. The number of hydrogen-bond donors (Lipinski definition) is 0. The van der Waals surface area contributed by atoms with Crippen molar-refractivity contribution in [2.24, 2.45) is 5.92 Å². The lowest BCUT2D eigenvalue weighted by Crippen LogP contribution is -2.49. The van der Waals surface area contributed by atoms with Gasteiger partial charge in [-0.05, 0) is 5.92 Å². The summed E-state index contributed by atoms with van der Waals surface area (Å²) in [4.78, 5) is 15.6. The Hall–Kier alpha value is -0.570. The maximum atomic E-state index is 11.1. The Kier molecular flexibility index (Phi) is 5.09. The second-order valence-electron chi connectivity index (χ2n) is 4.49. The van der Waals surface area contributed by atoms with Crippen molar-refractivity contribution in [2.45, 2.75) is 33.6 Å². The predicted molar refractivity (Wildman–Crippen MR) is 62.8 cm³/mol. The van der Waals surface area contributed by atoms with Crippen LogP contribution in [0.25, 0.3) is 0 Å². The van der Waals surface area contributed by atoms with E-state index in [0.717, 1.165) is 32.1 Å². The maximum Gasteiger partial charge on any atom is 0.219 e. The molecular weight excluding hydrogens is 188 g/mol. The van der Waals surface area contributed by atoms with Crippen LogP contribution >= 0.6 is 0 Å². The van der Waals surface area contributed by atoms with Crippen molar-refractivity contribution >= 4 is 5.91 Å². The molecule has 1 aliphatic rings. The third-order valence-corrected chi connectivity index (χ3v) is 3.49. The van der Waals surface area contributed by atoms with Gasteiger partial charge in [0.25, 0.3) is 0 Å². The Morgan fingerprint density at radius 2 is 1.67 bits per heavy atom. The van der Waals surface area contributed by atoms with E-state index in [1.54, 1.807) is 6.92 Å². The summed E-state index contributed by atoms with van der Waals surface area (Å²) in [5, 5.41) is 0. The van der Waals surface area contributed by atoms with Crippen molar-refractivity contribution in [3.8, 4) is 0 Å². The summed E-state index contributed by atoms with van der Waals surface area (Å²) in [5.74, 6) is 1.05. The summed E-state index contributed by atoms with van der Waals surface area (Å²) >= 11 is 0. The van der Waals surface area contributed by atoms with Crippen LogP contribution in [0.3, 0.4) is 0 Å². The number of hydrogen-bond acceptors (Lipinski definition) is 2. The first kappa shape index (κ1) is 12.5. The molecule has 15 heavy (non-hydrogen) atoms. The van der Waals surface area contributed by atoms with E-state index < -0.39 is 0 Å². The second kappa shape index (κ2) is 6.11. The molecule has 0 N–H and O–H groups in total. The van der Waals surface area contributed by atoms with Crippen LogP contribution in [0.15, 0.2) is 0 Å². The molecule has 1 rings (SSSR count). The Morgan fingerprint density at radius 3 is 2.07 bits per heavy atom. The van der Waals surface area contributed by atoms with Crippen molar-refractivity contribution in [1.82, 2.24) is 9.80 Å². The molecule has 0 radical (unpaired) electrons. The first-order chi connectivity index (χ1) is 7.17. The lowest BCUT2D eigenvalue weighted by atomic mass is 10.0. The fourth-order valence-corrected chi connectivity index (χ4v) is 2.16. The monoisotopic (exact) mass is 212 g/mol. The van der Waals surface area contributed by atoms with E-state index in [-0.39, 0.29) is 5.91 Å². The predicted octanol–water partition coefficient (Wildman–Crippen LogP) is 1.59. The van der Waals surface area contributed by atoms with Gasteiger partial charge in [-0.15, -0.1) is 0 Å². The minimum atomic E-state index is 0.220. The summed E-state index contributed by atoms with van der Waals surface area (Å²) < 4.78 is 0. The van der Waals surface area contributed by atoms with Crippen molar-refractivity contribution in [2.75, 3.05) is 32.7 Å². The van der Waals surface area contributed by atoms with Crippen LogP contribution in [-0.2, 0) is 4.79 Å². The number of carbonyl (C=O) groups excluding carboxylic acids is 1. The molecule has 0 aromatic carbocycles. The van der Waals surface area contributed by atoms with Gasteiger partial charge in [0.2, 0.25) is 5.91 Å². The minimum absolute atomic E-state index is 0.220. The highest BCUT2D eigenvalue weighted by atomic mass is 16.2. The highest BCUT2D eigenvalue weighted by Crippen LogP contribution is 2.11. The van der Waals surface area contributed by atoms with E-state index in [4.69, 9.17) is 0 Å². The SMILES string of the molecule is CCC(CC)CN1CCN(C(C)=O)CC1. The molecule has 88 valence electrons. The highest BCUT2D eigenvalue weighted by molar-refractivity contribution is 5.73. The molecule has 0 aromatic heterocycles. The van der Waals surface area contributed by atoms with Crippen molar-refractivity contribution in [3.63, 3.8) is 0 Å². The molecule has 0 saturated carbocycles. The highest BCUT2D eigenvalue weighted by Gasteiger charge is 2.19. The minimum Gasteiger partial charge on any atom is -0.340 e. The van der Waals surface area contributed by atoms with Crippen LogP contribution < -0.4 is 0 Å². The summed E-state index contributed by atoms with van der Waals surface area (Å²) in [6.07, 6.45) is 2.53. The van der Waals surface area contributed by atoms with Crippen molar-refractivity contribution in [1.29, 1.82) is 0 Å². The van der Waals surface area contributed by atoms with E-state index in [2.05, 4.69) is 18.7 Å². The van der Waals surface area contributed by atoms with Gasteiger partial charge < -0.3 is 4.90 Å². The van der Waals surface area contributed by atoms with Gasteiger partial charge in [-0.2, -0.15) is 0 Å². The van der Waals surface area contributed by atoms with E-state index in [9.17, 15) is 4.79 Å². The van der Waals surface area contributed by atoms with E-state index in [1.807, 2.05) is 4.90 Å². The third-order valence-electron chi connectivity index (χ3n) is 3.49. The normalized spacial score (nSPS) is 18.5. The van der Waals surface area contributed by atoms with Gasteiger partial charge in [0.15, 0.2) is 0 Å². The van der Waals surface area contributed by atoms with Crippen LogP contribution in [0.4, 0.5) is 0 Å². The molecule has 1 fully saturated rings. The molecule has 0 atom stereocenters. The molecular formula is C12H24N2O. The van der Waals surface area contributed by atoms with E-state index in [1.165, 1.54) is 19.4 Å². The quantitative estimate of drug-likeness (QED) is 0.706. The Bertz CT molecular complexity index is 194. The molecule has 0 bridgehead atoms. The van der Waals surface area contributed by atoms with Gasteiger partial charge in [-0.25, -0.2) is 0 Å². The summed E-state index contributed by atoms with van der Waals surface area (Å²) in [5.41, 5.74) is 0. The molecule has 0 unspecified atom stereocenters. The number of amides is 1. The number of rotatable bonds is 4. The fourth-order valence-electron chi connectivity index (χ4n) is 2.16. The zero-order valence-electron chi connectivity index (χ0n) is 10.3. The summed E-state index contributed by atoms with van der Waals surface area (Å²) in [7, 11) is 0. The van der Waals surface area contributed by atoms with Crippen LogP contribution in [0.5, 0.6) is 0 Å². The zero-order valence-corrected chi connectivity index (χ0v) is 10.3. The first-order valence-corrected chi connectivity index (χ1v) is 6.15. The Labute approximate surface area is 93.4 Å². The van der Waals surface area contributed by atoms with E-state index >= 15 is 0 Å². The lowest BCUT2D eigenvalue weighted by molar-refractivity contribution is -0.130. The molecule has 3 heteroatoms. The summed E-state index contributed by atoms with van der Waals surface area (Å²) in [6, 6.07) is 0. The number of carbonyl (C=O) groups is 1. The molecule has 3 nitrogen and oxygen atoms in total. The smallest absolute Gasteiger partial charge is 0.219 e. The van der Waals surface area contributed by atoms with Crippen LogP contribution in [0.1, 0.15) is 33.6 Å². The van der Waals surface area contributed by atoms with Crippen LogP contribution in [0.2, 0.25) is 0 Å². The molecule has 1 heterocycles. The Balaban J connectivity index is 2.28. The molecule has 1 aliphatic heterocycles. The van der Waals surface area contributed by atoms with Gasteiger partial charge in [-0.3, -0.25) is 9.69 Å². The van der Waals surface area contributed by atoms with Crippen molar-refractivity contribution in [3.05, 3.63) is 0 Å². The first-order valence-electron chi connectivity index (χ1n) is 6.15. The van der Waals surface area contributed by atoms with Crippen LogP contribution in [0, 0.1) is 5.92 Å². The molecule has 0 aromatic rings. The van der Waals surface area contributed by atoms with Crippen molar-refractivity contribution < 1.29 is 4.79 Å². The zero-order chi connectivity index (χ0) is 11.3. The molecule has 1 amide bonds. The molecule has 1 saturated heterocycles. The van der Waals surface area contributed by atoms with Gasteiger partial charge in [0.05, 0.1) is 0 Å². The van der Waals surface area contributed by atoms with Gasteiger partial charge in [0.1, 0.15) is 0 Å². The number of piperazine rings is 1. The van der Waals surface area contributed by atoms with Gasteiger partial charge in [0, 0.05) is 39.6 Å². The lowest BCUT2D eigenvalue weighted by Gasteiger charge is -2.35. The standard InChI is InChI=1S/C12H24N2O/c1-4-12(5-2)10-13-6-8-14(9-7-13)11(3)15/h12H,4-10H2,1-3H3. The topological polar surface area (TPSA) is 23.6 Å². The average Bonchev–Trinajstić information content (AvgIpc) is 2.26. The fraction of sp³-hybridized carbons (Fsp3) is 0.917. The molecule has 0 spiro atoms. The van der Waals surface area contributed by atoms with Crippen LogP contribution in [-0.4, -0.2) is 48.4 Å². The Morgan fingerprint density at radius 1 is 1.13 bits per heavy atom. The summed E-state index contributed by atoms with van der Waals surface area (Å²) in [6.45, 7) is 11.3. The van der Waals surface area contributed by atoms with Gasteiger partial charge in [-0.1, -0.05) is 26.7 Å². The van der Waals surface area contributed by atoms with E-state index in [0.29, 0.717) is 0 Å².